The lowest BCUT2D eigenvalue weighted by Crippen LogP contribution is -2.38. The summed E-state index contributed by atoms with van der Waals surface area (Å²) in [6.45, 7) is 4.40. The van der Waals surface area contributed by atoms with Gasteiger partial charge < -0.3 is 9.32 Å². The Morgan fingerprint density at radius 2 is 0.881 bits per heavy atom. The van der Waals surface area contributed by atoms with Gasteiger partial charge in [-0.05, 0) is 89.7 Å². The van der Waals surface area contributed by atoms with E-state index in [2.05, 4.69) is 140 Å². The van der Waals surface area contributed by atoms with Gasteiger partial charge in [0.05, 0.1) is 22.5 Å². The van der Waals surface area contributed by atoms with Gasteiger partial charge in [0.1, 0.15) is 11.2 Å². The van der Waals surface area contributed by atoms with Crippen LogP contribution >= 0.6 is 0 Å². The number of hydrogen-bond acceptors (Lipinski definition) is 5. The number of anilines is 3. The number of benzene rings is 8. The smallest absolute Gasteiger partial charge is 0.164 e. The molecule has 0 amide bonds. The highest BCUT2D eigenvalue weighted by Gasteiger charge is 2.47. The minimum atomic E-state index is -0.633. The van der Waals surface area contributed by atoms with Crippen LogP contribution in [0.4, 0.5) is 17.1 Å². The van der Waals surface area contributed by atoms with Crippen LogP contribution in [0.15, 0.2) is 199 Å². The van der Waals surface area contributed by atoms with Gasteiger partial charge in [-0.3, -0.25) is 0 Å². The summed E-state index contributed by atoms with van der Waals surface area (Å²) in [6, 6.07) is 68.6. The van der Waals surface area contributed by atoms with Crippen molar-refractivity contribution in [3.05, 3.63) is 228 Å². The van der Waals surface area contributed by atoms with E-state index in [1.807, 2.05) is 72.8 Å². The molecule has 2 aromatic heterocycles. The predicted molar refractivity (Wildman–Crippen MR) is 239 cm³/mol. The summed E-state index contributed by atoms with van der Waals surface area (Å²) in [5.41, 5.74) is 14.4. The molecular formula is C54H38N4O. The van der Waals surface area contributed by atoms with Crippen LogP contribution < -0.4 is 4.90 Å². The molecule has 0 spiro atoms. The summed E-state index contributed by atoms with van der Waals surface area (Å²) in [5, 5.41) is 2.22. The van der Waals surface area contributed by atoms with Crippen LogP contribution in [0.1, 0.15) is 33.4 Å². The number of aromatic nitrogens is 3. The molecule has 1 aliphatic rings. The van der Waals surface area contributed by atoms with E-state index in [-0.39, 0.29) is 0 Å². The highest BCUT2D eigenvalue weighted by molar-refractivity contribution is 6.05. The first-order valence-corrected chi connectivity index (χ1v) is 20.0. The number of furan rings is 1. The summed E-state index contributed by atoms with van der Waals surface area (Å²) in [4.78, 5) is 17.6. The van der Waals surface area contributed by atoms with Crippen molar-refractivity contribution in [1.82, 2.24) is 15.0 Å². The molecule has 0 radical (unpaired) electrons. The summed E-state index contributed by atoms with van der Waals surface area (Å²) < 4.78 is 6.35. The van der Waals surface area contributed by atoms with Crippen LogP contribution in [-0.2, 0) is 5.41 Å². The molecule has 0 bridgehead atoms. The Bertz CT molecular complexity index is 3060. The van der Waals surface area contributed by atoms with Crippen LogP contribution in [0.2, 0.25) is 0 Å². The Balaban J connectivity index is 1.12. The van der Waals surface area contributed by atoms with Crippen molar-refractivity contribution in [3.63, 3.8) is 0 Å². The molecule has 1 aliphatic heterocycles. The van der Waals surface area contributed by atoms with Crippen molar-refractivity contribution in [2.75, 3.05) is 4.90 Å². The minimum Gasteiger partial charge on any atom is -0.456 e. The summed E-state index contributed by atoms with van der Waals surface area (Å²) in [7, 11) is 0. The Morgan fingerprint density at radius 3 is 1.47 bits per heavy atom. The zero-order valence-corrected chi connectivity index (χ0v) is 32.7. The lowest BCUT2D eigenvalue weighted by Gasteiger charge is -2.47. The van der Waals surface area contributed by atoms with Crippen LogP contribution in [0.5, 0.6) is 0 Å². The summed E-state index contributed by atoms with van der Waals surface area (Å²) >= 11 is 0. The molecule has 0 aliphatic carbocycles. The van der Waals surface area contributed by atoms with Crippen molar-refractivity contribution in [1.29, 1.82) is 0 Å². The maximum Gasteiger partial charge on any atom is 0.164 e. The quantitative estimate of drug-likeness (QED) is 0.169. The number of hydrogen-bond donors (Lipinski definition) is 0. The first kappa shape index (κ1) is 34.6. The molecule has 5 heteroatoms. The molecule has 3 heterocycles. The van der Waals surface area contributed by atoms with E-state index in [1.54, 1.807) is 0 Å². The van der Waals surface area contributed by atoms with E-state index in [0.717, 1.165) is 66.8 Å². The second-order valence-corrected chi connectivity index (χ2v) is 15.3. The van der Waals surface area contributed by atoms with Gasteiger partial charge in [-0.2, -0.15) is 0 Å². The van der Waals surface area contributed by atoms with Gasteiger partial charge in [0.2, 0.25) is 0 Å². The topological polar surface area (TPSA) is 55.1 Å². The second-order valence-electron chi connectivity index (χ2n) is 15.3. The summed E-state index contributed by atoms with van der Waals surface area (Å²) in [6.07, 6.45) is 0. The zero-order chi connectivity index (χ0) is 39.5. The van der Waals surface area contributed by atoms with E-state index >= 15 is 0 Å². The second kappa shape index (κ2) is 13.8. The Hall–Kier alpha value is -7.63. The number of aryl methyl sites for hydroxylation is 2. The highest BCUT2D eigenvalue weighted by Crippen LogP contribution is 2.58. The highest BCUT2D eigenvalue weighted by atomic mass is 16.3. The number of rotatable bonds is 6. The first-order valence-electron chi connectivity index (χ1n) is 20.0. The fourth-order valence-corrected chi connectivity index (χ4v) is 9.30. The molecule has 5 nitrogen and oxygen atoms in total. The van der Waals surface area contributed by atoms with Crippen LogP contribution in [-0.4, -0.2) is 15.0 Å². The molecule has 11 rings (SSSR count). The van der Waals surface area contributed by atoms with E-state index in [4.69, 9.17) is 19.4 Å². The molecule has 280 valence electrons. The van der Waals surface area contributed by atoms with Crippen LogP contribution in [0.3, 0.4) is 0 Å². The van der Waals surface area contributed by atoms with E-state index in [1.165, 1.54) is 22.3 Å². The van der Waals surface area contributed by atoms with Gasteiger partial charge in [0.25, 0.3) is 0 Å². The first-order chi connectivity index (χ1) is 29.1. The third kappa shape index (κ3) is 5.50. The fraction of sp³-hybridized carbons (Fsp3) is 0.0556. The maximum atomic E-state index is 6.35. The Morgan fingerprint density at radius 1 is 0.407 bits per heavy atom. The monoisotopic (exact) mass is 758 g/mol. The van der Waals surface area contributed by atoms with Crippen molar-refractivity contribution >= 4 is 39.0 Å². The zero-order valence-electron chi connectivity index (χ0n) is 32.7. The van der Waals surface area contributed by atoms with Gasteiger partial charge >= 0.3 is 0 Å². The average Bonchev–Trinajstić information content (AvgIpc) is 3.67. The fourth-order valence-electron chi connectivity index (χ4n) is 9.30. The minimum absolute atomic E-state index is 0.633. The molecular weight excluding hydrogens is 721 g/mol. The third-order valence-electron chi connectivity index (χ3n) is 11.8. The number of nitrogens with zero attached hydrogens (tertiary/aromatic N) is 4. The molecule has 0 N–H and O–H groups in total. The molecule has 8 aromatic carbocycles. The summed E-state index contributed by atoms with van der Waals surface area (Å²) in [5.74, 6) is 1.93. The predicted octanol–water partition coefficient (Wildman–Crippen LogP) is 13.6. The SMILES string of the molecule is Cc1cc(-c2nc(-c3ccccc3)nc(-c3ccccc3)n2)cc(C)c1N1c2ccccc2C(c2ccccc2)(c2ccc3oc4ccccc4c3c2)c2ccccc21. The van der Waals surface area contributed by atoms with E-state index < -0.39 is 5.41 Å². The molecule has 0 saturated carbocycles. The lowest BCUT2D eigenvalue weighted by molar-refractivity contribution is 0.667. The molecule has 0 fully saturated rings. The average molecular weight is 759 g/mol. The van der Waals surface area contributed by atoms with Gasteiger partial charge in [-0.1, -0.05) is 152 Å². The number of fused-ring (bicyclic) bond motifs is 5. The van der Waals surface area contributed by atoms with Crippen molar-refractivity contribution in [2.24, 2.45) is 0 Å². The van der Waals surface area contributed by atoms with Crippen molar-refractivity contribution < 1.29 is 4.42 Å². The largest absolute Gasteiger partial charge is 0.456 e. The van der Waals surface area contributed by atoms with Gasteiger partial charge in [0, 0.05) is 27.5 Å². The van der Waals surface area contributed by atoms with E-state index in [9.17, 15) is 0 Å². The molecule has 59 heavy (non-hydrogen) atoms. The normalized spacial score (nSPS) is 13.0. The van der Waals surface area contributed by atoms with Gasteiger partial charge in [0.15, 0.2) is 17.5 Å². The third-order valence-corrected chi connectivity index (χ3v) is 11.8. The lowest BCUT2D eigenvalue weighted by atomic mass is 9.62. The van der Waals surface area contributed by atoms with Crippen LogP contribution in [0, 0.1) is 13.8 Å². The molecule has 0 unspecified atom stereocenters. The standard InChI is InChI=1S/C54H38N4O/c1-35-32-39(53-56-51(37-18-6-3-7-19-37)55-52(57-53)38-20-8-4-9-21-38)33-36(2)50(35)58-46-27-15-13-25-44(46)54(40-22-10-5-11-23-40,45-26-14-16-28-47(45)58)41-30-31-49-43(34-41)42-24-12-17-29-48(42)59-49/h3-34H,1-2H3. The Kier molecular flexibility index (Phi) is 8.09. The molecule has 0 atom stereocenters. The van der Waals surface area contributed by atoms with Gasteiger partial charge in [-0.25, -0.2) is 15.0 Å². The number of para-hydroxylation sites is 3. The van der Waals surface area contributed by atoms with Crippen LogP contribution in [0.25, 0.3) is 56.1 Å². The van der Waals surface area contributed by atoms with Gasteiger partial charge in [-0.15, -0.1) is 0 Å². The Labute approximate surface area is 342 Å². The van der Waals surface area contributed by atoms with Crippen molar-refractivity contribution in [3.8, 4) is 34.2 Å². The van der Waals surface area contributed by atoms with Crippen molar-refractivity contribution in [2.45, 2.75) is 19.3 Å². The molecule has 10 aromatic rings. The maximum absolute atomic E-state index is 6.35. The van der Waals surface area contributed by atoms with E-state index in [0.29, 0.717) is 17.5 Å². The molecule has 0 saturated heterocycles.